The number of thiocarbonyl (C=S) groups is 1. The first kappa shape index (κ1) is 13.2. The topological polar surface area (TPSA) is 65.5 Å². The summed E-state index contributed by atoms with van der Waals surface area (Å²) in [5.41, 5.74) is 0.384. The first-order chi connectivity index (χ1) is 9.09. The molecule has 7 heteroatoms. The minimum Gasteiger partial charge on any atom is -0.369 e. The third kappa shape index (κ3) is 2.94. The summed E-state index contributed by atoms with van der Waals surface area (Å²) in [5, 5.41) is 2.51. The molecule has 0 unspecified atom stereocenters. The normalized spacial score (nSPS) is 10.8. The summed E-state index contributed by atoms with van der Waals surface area (Å²) in [6.07, 6.45) is 1.53. The zero-order chi connectivity index (χ0) is 13.8. The van der Waals surface area contributed by atoms with Crippen LogP contribution in [0.15, 0.2) is 44.6 Å². The quantitative estimate of drug-likeness (QED) is 0.384. The molecule has 0 aliphatic rings. The molecule has 2 rings (SSSR count). The molecule has 1 N–H and O–H groups in total. The Hall–Kier alpha value is -2.28. The zero-order valence-electron chi connectivity index (χ0n) is 10.5. The van der Waals surface area contributed by atoms with Gasteiger partial charge in [-0.25, -0.2) is 9.79 Å². The fourth-order valence-corrected chi connectivity index (χ4v) is 1.67. The monoisotopic (exact) mass is 277 g/mol. The highest BCUT2D eigenvalue weighted by atomic mass is 32.1. The zero-order valence-corrected chi connectivity index (χ0v) is 11.3. The van der Waals surface area contributed by atoms with Crippen LogP contribution >= 0.6 is 12.2 Å². The Balaban J connectivity index is 2.45. The van der Waals surface area contributed by atoms with Gasteiger partial charge in [0, 0.05) is 26.2 Å². The summed E-state index contributed by atoms with van der Waals surface area (Å²) in [6.45, 7) is 0. The van der Waals surface area contributed by atoms with Gasteiger partial charge in [0.25, 0.3) is 0 Å². The van der Waals surface area contributed by atoms with E-state index < -0.39 is 5.63 Å². The molecule has 1 aromatic carbocycles. The number of nitrogens with one attached hydrogen (secondary N) is 1. The highest BCUT2D eigenvalue weighted by Crippen LogP contribution is 1.99. The van der Waals surface area contributed by atoms with E-state index in [0.717, 1.165) is 5.69 Å². The van der Waals surface area contributed by atoms with Crippen molar-refractivity contribution in [3.8, 4) is 5.69 Å². The van der Waals surface area contributed by atoms with E-state index in [9.17, 15) is 4.79 Å². The van der Waals surface area contributed by atoms with Crippen molar-refractivity contribution in [1.29, 1.82) is 0 Å². The number of aromatic nitrogens is 2. The molecule has 0 spiro atoms. The molecule has 0 fully saturated rings. The van der Waals surface area contributed by atoms with Gasteiger partial charge in [0.2, 0.25) is 10.7 Å². The van der Waals surface area contributed by atoms with Crippen LogP contribution in [-0.4, -0.2) is 35.6 Å². The van der Waals surface area contributed by atoms with Crippen LogP contribution in [0.4, 0.5) is 0 Å². The first-order valence-electron chi connectivity index (χ1n) is 5.53. The molecular formula is C12H13N4O2S+. The molecule has 2 aromatic rings. The third-order valence-electron chi connectivity index (χ3n) is 2.27. The number of para-hydroxylation sites is 1. The Kier molecular flexibility index (Phi) is 3.86. The van der Waals surface area contributed by atoms with Gasteiger partial charge in [0.15, 0.2) is 0 Å². The van der Waals surface area contributed by atoms with Crippen molar-refractivity contribution < 1.29 is 9.20 Å². The number of aromatic amines is 1. The lowest BCUT2D eigenvalue weighted by atomic mass is 10.3. The largest absolute Gasteiger partial charge is 0.438 e. The van der Waals surface area contributed by atoms with Gasteiger partial charge >= 0.3 is 11.3 Å². The molecule has 0 saturated heterocycles. The summed E-state index contributed by atoms with van der Waals surface area (Å²) in [4.78, 5) is 17.6. The van der Waals surface area contributed by atoms with Gasteiger partial charge in [-0.15, -0.1) is 0 Å². The predicted octanol–water partition coefficient (Wildman–Crippen LogP) is 0.510. The summed E-state index contributed by atoms with van der Waals surface area (Å²) in [6, 6.07) is 9.23. The van der Waals surface area contributed by atoms with Crippen molar-refractivity contribution in [3.63, 3.8) is 0 Å². The van der Waals surface area contributed by atoms with E-state index in [4.69, 9.17) is 16.7 Å². The molecule has 0 atom stereocenters. The summed E-state index contributed by atoms with van der Waals surface area (Å²) in [5.74, 6) is 0. The number of benzene rings is 1. The number of H-pyrrole nitrogens is 1. The van der Waals surface area contributed by atoms with Crippen LogP contribution in [-0.2, 0) is 0 Å². The van der Waals surface area contributed by atoms with E-state index in [-0.39, 0.29) is 10.7 Å². The van der Waals surface area contributed by atoms with Crippen molar-refractivity contribution in [2.24, 2.45) is 4.99 Å². The van der Waals surface area contributed by atoms with Gasteiger partial charge in [0.1, 0.15) is 0 Å². The minimum absolute atomic E-state index is 0.160. The van der Waals surface area contributed by atoms with E-state index >= 15 is 0 Å². The van der Waals surface area contributed by atoms with Crippen LogP contribution in [0.25, 0.3) is 5.69 Å². The molecule has 19 heavy (non-hydrogen) atoms. The lowest BCUT2D eigenvalue weighted by Gasteiger charge is -2.00. The van der Waals surface area contributed by atoms with Crippen molar-refractivity contribution in [2.45, 2.75) is 0 Å². The fraction of sp³-hybridized carbons (Fsp3) is 0.167. The van der Waals surface area contributed by atoms with Gasteiger partial charge in [0.05, 0.1) is 6.34 Å². The lowest BCUT2D eigenvalue weighted by Crippen LogP contribution is -2.40. The number of nitrogens with zero attached hydrogens (tertiary/aromatic N) is 3. The van der Waals surface area contributed by atoms with E-state index in [2.05, 4.69) is 10.3 Å². The lowest BCUT2D eigenvalue weighted by molar-refractivity contribution is -0.671. The molecule has 0 radical (unpaired) electrons. The summed E-state index contributed by atoms with van der Waals surface area (Å²) in [7, 11) is 3.63. The van der Waals surface area contributed by atoms with E-state index in [0.29, 0.717) is 0 Å². The molecule has 1 heterocycles. The first-order valence-corrected chi connectivity index (χ1v) is 5.94. The molecule has 1 aromatic heterocycles. The van der Waals surface area contributed by atoms with Gasteiger partial charge in [-0.2, -0.15) is 0 Å². The molecule has 0 bridgehead atoms. The Morgan fingerprint density at radius 1 is 1.42 bits per heavy atom. The van der Waals surface area contributed by atoms with Crippen LogP contribution < -0.4 is 10.3 Å². The maximum atomic E-state index is 11.7. The van der Waals surface area contributed by atoms with E-state index in [1.54, 1.807) is 4.90 Å². The average molecular weight is 277 g/mol. The van der Waals surface area contributed by atoms with Crippen LogP contribution in [0.2, 0.25) is 0 Å². The fourth-order valence-electron chi connectivity index (χ4n) is 1.44. The summed E-state index contributed by atoms with van der Waals surface area (Å²) >= 11 is 5.14. The Labute approximate surface area is 114 Å². The maximum absolute atomic E-state index is 11.7. The van der Waals surface area contributed by atoms with Gasteiger partial charge in [-0.1, -0.05) is 30.4 Å². The Morgan fingerprint density at radius 3 is 2.74 bits per heavy atom. The van der Waals surface area contributed by atoms with Crippen molar-refractivity contribution >= 4 is 23.5 Å². The Bertz CT molecular complexity index is 658. The number of aliphatic imine (C=N–C) groups is 1. The van der Waals surface area contributed by atoms with Crippen LogP contribution in [0, 0.1) is 0 Å². The van der Waals surface area contributed by atoms with Gasteiger partial charge in [-0.3, -0.25) is 4.52 Å². The SMILES string of the molecule is CN(C)C=NC(=S)c1c(=O)o[nH][n+]1-c1ccccc1. The molecule has 0 aliphatic carbocycles. The van der Waals surface area contributed by atoms with Crippen molar-refractivity contribution in [3.05, 3.63) is 46.4 Å². The highest BCUT2D eigenvalue weighted by molar-refractivity contribution is 7.80. The van der Waals surface area contributed by atoms with E-state index in [1.165, 1.54) is 11.0 Å². The van der Waals surface area contributed by atoms with Crippen molar-refractivity contribution in [1.82, 2.24) is 10.2 Å². The van der Waals surface area contributed by atoms with Gasteiger partial charge in [-0.05, 0) is 9.95 Å². The summed E-state index contributed by atoms with van der Waals surface area (Å²) < 4.78 is 6.26. The molecule has 0 amide bonds. The molecule has 98 valence electrons. The van der Waals surface area contributed by atoms with Crippen LogP contribution in [0.5, 0.6) is 0 Å². The molecular weight excluding hydrogens is 264 g/mol. The number of rotatable bonds is 3. The number of hydrogen-bond donors (Lipinski definition) is 1. The highest BCUT2D eigenvalue weighted by Gasteiger charge is 2.27. The standard InChI is InChI=1S/C12H12N4O2S/c1-15(2)8-13-11(19)10-12(17)18-14-16(10)9-6-4-3-5-7-9/h3-8H,1-2H3/p+1. The average Bonchev–Trinajstić information content (AvgIpc) is 2.79. The van der Waals surface area contributed by atoms with E-state index in [1.807, 2.05) is 44.4 Å². The number of hydrogen-bond acceptors (Lipinski definition) is 3. The van der Waals surface area contributed by atoms with Crippen LogP contribution in [0.3, 0.4) is 0 Å². The molecule has 0 aliphatic heterocycles. The Morgan fingerprint density at radius 2 is 2.11 bits per heavy atom. The molecule has 0 saturated carbocycles. The smallest absolute Gasteiger partial charge is 0.369 e. The van der Waals surface area contributed by atoms with Crippen molar-refractivity contribution in [2.75, 3.05) is 14.1 Å². The second-order valence-corrected chi connectivity index (χ2v) is 4.40. The maximum Gasteiger partial charge on any atom is 0.438 e. The third-order valence-corrected chi connectivity index (χ3v) is 2.57. The van der Waals surface area contributed by atoms with Crippen LogP contribution in [0.1, 0.15) is 5.69 Å². The van der Waals surface area contributed by atoms with Gasteiger partial charge < -0.3 is 4.90 Å². The minimum atomic E-state index is -0.551. The predicted molar refractivity (Wildman–Crippen MR) is 74.7 cm³/mol. The second-order valence-electron chi connectivity index (χ2n) is 4.01. The second kappa shape index (κ2) is 5.57. The molecule has 6 nitrogen and oxygen atoms in total.